The number of fused-ring (bicyclic) bond motifs is 1. The van der Waals surface area contributed by atoms with Gasteiger partial charge in [-0.05, 0) is 38.1 Å². The SMILES string of the molecule is Cc1ccc(-n2nnc3ccc(C)cc3c2=O)cc1. The molecule has 4 nitrogen and oxygen atoms in total. The zero-order valence-electron chi connectivity index (χ0n) is 10.8. The lowest BCUT2D eigenvalue weighted by atomic mass is 10.2. The van der Waals surface area contributed by atoms with E-state index in [0.717, 1.165) is 16.8 Å². The first-order valence-electron chi connectivity index (χ1n) is 6.08. The summed E-state index contributed by atoms with van der Waals surface area (Å²) in [7, 11) is 0. The summed E-state index contributed by atoms with van der Waals surface area (Å²) in [5, 5.41) is 8.68. The molecule has 0 unspecified atom stereocenters. The Bertz CT molecular complexity index is 804. The van der Waals surface area contributed by atoms with Crippen LogP contribution in [0.1, 0.15) is 11.1 Å². The molecule has 0 atom stereocenters. The highest BCUT2D eigenvalue weighted by molar-refractivity contribution is 5.77. The largest absolute Gasteiger partial charge is 0.282 e. The standard InChI is InChI=1S/C15H13N3O/c1-10-3-6-12(7-4-10)18-15(19)13-9-11(2)5-8-14(13)16-17-18/h3-9H,1-2H3. The molecule has 3 aromatic rings. The third kappa shape index (κ3) is 2.01. The first kappa shape index (κ1) is 11.6. The Morgan fingerprint density at radius 3 is 2.37 bits per heavy atom. The van der Waals surface area contributed by atoms with Gasteiger partial charge in [-0.3, -0.25) is 4.79 Å². The molecule has 19 heavy (non-hydrogen) atoms. The number of hydrogen-bond donors (Lipinski definition) is 0. The van der Waals surface area contributed by atoms with Crippen molar-refractivity contribution in [2.45, 2.75) is 13.8 Å². The van der Waals surface area contributed by atoms with Crippen LogP contribution < -0.4 is 5.56 Å². The van der Waals surface area contributed by atoms with Crippen LogP contribution in [-0.2, 0) is 0 Å². The van der Waals surface area contributed by atoms with Crippen molar-refractivity contribution in [1.82, 2.24) is 15.0 Å². The maximum Gasteiger partial charge on any atom is 0.282 e. The molecule has 3 rings (SSSR count). The number of aryl methyl sites for hydroxylation is 2. The Labute approximate surface area is 110 Å². The molecule has 94 valence electrons. The summed E-state index contributed by atoms with van der Waals surface area (Å²) in [6.07, 6.45) is 0. The van der Waals surface area contributed by atoms with Crippen molar-refractivity contribution in [2.24, 2.45) is 0 Å². The first-order valence-corrected chi connectivity index (χ1v) is 6.08. The van der Waals surface area contributed by atoms with Gasteiger partial charge in [-0.1, -0.05) is 34.5 Å². The van der Waals surface area contributed by atoms with Gasteiger partial charge in [0.25, 0.3) is 5.56 Å². The van der Waals surface area contributed by atoms with Gasteiger partial charge < -0.3 is 0 Å². The molecule has 0 saturated heterocycles. The molecule has 0 fully saturated rings. The first-order chi connectivity index (χ1) is 9.15. The van der Waals surface area contributed by atoms with E-state index in [1.165, 1.54) is 4.68 Å². The topological polar surface area (TPSA) is 47.8 Å². The summed E-state index contributed by atoms with van der Waals surface area (Å²) in [4.78, 5) is 12.4. The number of hydrogen-bond acceptors (Lipinski definition) is 3. The van der Waals surface area contributed by atoms with Crippen molar-refractivity contribution in [2.75, 3.05) is 0 Å². The fourth-order valence-corrected chi connectivity index (χ4v) is 2.01. The van der Waals surface area contributed by atoms with Gasteiger partial charge in [0.1, 0.15) is 5.52 Å². The van der Waals surface area contributed by atoms with Crippen molar-refractivity contribution in [3.63, 3.8) is 0 Å². The number of benzene rings is 2. The van der Waals surface area contributed by atoms with Crippen LogP contribution >= 0.6 is 0 Å². The van der Waals surface area contributed by atoms with Crippen LogP contribution in [0.15, 0.2) is 47.3 Å². The Kier molecular flexibility index (Phi) is 2.63. The van der Waals surface area contributed by atoms with Crippen LogP contribution in [0.5, 0.6) is 0 Å². The van der Waals surface area contributed by atoms with Crippen LogP contribution in [0, 0.1) is 13.8 Å². The molecule has 0 spiro atoms. The highest BCUT2D eigenvalue weighted by Crippen LogP contribution is 2.10. The highest BCUT2D eigenvalue weighted by Gasteiger charge is 2.07. The zero-order chi connectivity index (χ0) is 13.4. The lowest BCUT2D eigenvalue weighted by Gasteiger charge is -2.05. The molecule has 2 aromatic carbocycles. The van der Waals surface area contributed by atoms with Crippen LogP contribution in [0.25, 0.3) is 16.6 Å². The van der Waals surface area contributed by atoms with E-state index in [9.17, 15) is 4.79 Å². The van der Waals surface area contributed by atoms with Gasteiger partial charge in [-0.2, -0.15) is 4.68 Å². The maximum absolute atomic E-state index is 12.4. The van der Waals surface area contributed by atoms with E-state index in [1.807, 2.05) is 56.3 Å². The van der Waals surface area contributed by atoms with E-state index in [-0.39, 0.29) is 5.56 Å². The molecule has 0 amide bonds. The zero-order valence-corrected chi connectivity index (χ0v) is 10.8. The predicted molar refractivity (Wildman–Crippen MR) is 74.6 cm³/mol. The molecular formula is C15H13N3O. The number of nitrogens with zero attached hydrogens (tertiary/aromatic N) is 3. The minimum absolute atomic E-state index is 0.141. The normalized spacial score (nSPS) is 10.8. The molecule has 0 aliphatic heterocycles. The van der Waals surface area contributed by atoms with Crippen molar-refractivity contribution < 1.29 is 0 Å². The molecule has 0 radical (unpaired) electrons. The second kappa shape index (κ2) is 4.31. The Morgan fingerprint density at radius 2 is 1.63 bits per heavy atom. The van der Waals surface area contributed by atoms with Gasteiger partial charge in [0.05, 0.1) is 11.1 Å². The lowest BCUT2D eigenvalue weighted by Crippen LogP contribution is -2.22. The van der Waals surface area contributed by atoms with E-state index >= 15 is 0 Å². The summed E-state index contributed by atoms with van der Waals surface area (Å²) in [6.45, 7) is 3.96. The fraction of sp³-hybridized carbons (Fsp3) is 0.133. The molecule has 1 aromatic heterocycles. The second-order valence-corrected chi connectivity index (χ2v) is 4.66. The van der Waals surface area contributed by atoms with Gasteiger partial charge in [-0.15, -0.1) is 5.10 Å². The summed E-state index contributed by atoms with van der Waals surface area (Å²) >= 11 is 0. The van der Waals surface area contributed by atoms with Crippen LogP contribution in [0.3, 0.4) is 0 Å². The van der Waals surface area contributed by atoms with E-state index in [1.54, 1.807) is 0 Å². The van der Waals surface area contributed by atoms with Crippen LogP contribution in [0.4, 0.5) is 0 Å². The molecule has 4 heteroatoms. The summed E-state index contributed by atoms with van der Waals surface area (Å²) in [5.41, 5.74) is 3.39. The fourth-order valence-electron chi connectivity index (χ4n) is 2.01. The average Bonchev–Trinajstić information content (AvgIpc) is 2.41. The molecule has 0 aliphatic carbocycles. The molecule has 0 saturated carbocycles. The van der Waals surface area contributed by atoms with Crippen molar-refractivity contribution >= 4 is 10.9 Å². The Morgan fingerprint density at radius 1 is 0.947 bits per heavy atom. The molecule has 0 aliphatic rings. The third-order valence-electron chi connectivity index (χ3n) is 3.10. The average molecular weight is 251 g/mol. The monoisotopic (exact) mass is 251 g/mol. The van der Waals surface area contributed by atoms with Crippen LogP contribution in [0.2, 0.25) is 0 Å². The van der Waals surface area contributed by atoms with E-state index in [4.69, 9.17) is 0 Å². The minimum atomic E-state index is -0.141. The smallest absolute Gasteiger partial charge is 0.267 e. The number of rotatable bonds is 1. The van der Waals surface area contributed by atoms with Gasteiger partial charge in [-0.25, -0.2) is 0 Å². The third-order valence-corrected chi connectivity index (χ3v) is 3.10. The maximum atomic E-state index is 12.4. The lowest BCUT2D eigenvalue weighted by molar-refractivity contribution is 0.737. The predicted octanol–water partition coefficient (Wildman–Crippen LogP) is 2.40. The quantitative estimate of drug-likeness (QED) is 0.667. The molecule has 0 bridgehead atoms. The van der Waals surface area contributed by atoms with E-state index in [2.05, 4.69) is 10.3 Å². The van der Waals surface area contributed by atoms with Crippen molar-refractivity contribution in [3.05, 3.63) is 63.9 Å². The summed E-state index contributed by atoms with van der Waals surface area (Å²) < 4.78 is 1.33. The highest BCUT2D eigenvalue weighted by atomic mass is 16.1. The molecule has 0 N–H and O–H groups in total. The van der Waals surface area contributed by atoms with Gasteiger partial charge in [0, 0.05) is 0 Å². The Hall–Kier alpha value is -2.49. The van der Waals surface area contributed by atoms with E-state index < -0.39 is 0 Å². The Balaban J connectivity index is 2.28. The van der Waals surface area contributed by atoms with Gasteiger partial charge in [0.2, 0.25) is 0 Å². The molecule has 1 heterocycles. The minimum Gasteiger partial charge on any atom is -0.267 e. The molecular weight excluding hydrogens is 238 g/mol. The summed E-state index contributed by atoms with van der Waals surface area (Å²) in [6, 6.07) is 13.2. The van der Waals surface area contributed by atoms with Gasteiger partial charge in [0.15, 0.2) is 0 Å². The van der Waals surface area contributed by atoms with Gasteiger partial charge >= 0.3 is 0 Å². The van der Waals surface area contributed by atoms with E-state index in [0.29, 0.717) is 10.9 Å². The van der Waals surface area contributed by atoms with Crippen molar-refractivity contribution in [3.8, 4) is 5.69 Å². The van der Waals surface area contributed by atoms with Crippen molar-refractivity contribution in [1.29, 1.82) is 0 Å². The second-order valence-electron chi connectivity index (χ2n) is 4.66. The van der Waals surface area contributed by atoms with Crippen LogP contribution in [-0.4, -0.2) is 15.0 Å². The number of aromatic nitrogens is 3. The summed E-state index contributed by atoms with van der Waals surface area (Å²) in [5.74, 6) is 0.